The molecule has 92 valence electrons. The minimum absolute atomic E-state index is 0.0413. The van der Waals surface area contributed by atoms with Gasteiger partial charge in [0.25, 0.3) is 0 Å². The number of nitrogens with one attached hydrogen (secondary N) is 1. The lowest BCUT2D eigenvalue weighted by atomic mass is 9.92. The Morgan fingerprint density at radius 3 is 2.88 bits per heavy atom. The molecule has 0 bridgehead atoms. The molecule has 3 rings (SSSR count). The second kappa shape index (κ2) is 3.78. The summed E-state index contributed by atoms with van der Waals surface area (Å²) in [5.41, 5.74) is 1.03. The summed E-state index contributed by atoms with van der Waals surface area (Å²) in [6, 6.07) is 0.0809. The van der Waals surface area contributed by atoms with Gasteiger partial charge in [0, 0.05) is 18.4 Å². The SMILES string of the molecule is FC1(F)CCC(n2ncc3c2NC=NC3)CC1. The molecule has 2 aliphatic rings. The number of nitrogens with zero attached hydrogens (tertiary/aromatic N) is 3. The van der Waals surface area contributed by atoms with E-state index < -0.39 is 5.92 Å². The summed E-state index contributed by atoms with van der Waals surface area (Å²) in [7, 11) is 0. The second-order valence-electron chi connectivity index (χ2n) is 4.66. The van der Waals surface area contributed by atoms with Crippen molar-refractivity contribution in [2.45, 2.75) is 44.2 Å². The second-order valence-corrected chi connectivity index (χ2v) is 4.66. The highest BCUT2D eigenvalue weighted by Gasteiger charge is 2.36. The van der Waals surface area contributed by atoms with Crippen LogP contribution in [0.2, 0.25) is 0 Å². The van der Waals surface area contributed by atoms with E-state index in [-0.39, 0.29) is 18.9 Å². The van der Waals surface area contributed by atoms with Crippen LogP contribution in [0.3, 0.4) is 0 Å². The summed E-state index contributed by atoms with van der Waals surface area (Å²) in [5, 5.41) is 7.35. The van der Waals surface area contributed by atoms with Crippen LogP contribution in [0.25, 0.3) is 0 Å². The maximum Gasteiger partial charge on any atom is 0.248 e. The Hall–Kier alpha value is -1.46. The molecule has 0 atom stereocenters. The third kappa shape index (κ3) is 1.92. The van der Waals surface area contributed by atoms with Gasteiger partial charge in [-0.3, -0.25) is 4.99 Å². The molecule has 6 heteroatoms. The maximum atomic E-state index is 13.1. The fourth-order valence-corrected chi connectivity index (χ4v) is 2.47. The zero-order chi connectivity index (χ0) is 11.9. The van der Waals surface area contributed by atoms with Gasteiger partial charge in [0.15, 0.2) is 0 Å². The normalized spacial score (nSPS) is 23.2. The van der Waals surface area contributed by atoms with Crippen LogP contribution in [0.15, 0.2) is 11.2 Å². The van der Waals surface area contributed by atoms with E-state index in [9.17, 15) is 8.78 Å². The van der Waals surface area contributed by atoms with E-state index in [4.69, 9.17) is 0 Å². The van der Waals surface area contributed by atoms with Gasteiger partial charge < -0.3 is 5.32 Å². The van der Waals surface area contributed by atoms with Crippen molar-refractivity contribution in [3.05, 3.63) is 11.8 Å². The van der Waals surface area contributed by atoms with Gasteiger partial charge in [0.05, 0.1) is 25.1 Å². The van der Waals surface area contributed by atoms with Gasteiger partial charge in [-0.05, 0) is 12.8 Å². The van der Waals surface area contributed by atoms with E-state index in [0.717, 1.165) is 11.4 Å². The smallest absolute Gasteiger partial charge is 0.248 e. The summed E-state index contributed by atoms with van der Waals surface area (Å²) >= 11 is 0. The van der Waals surface area contributed by atoms with E-state index in [1.807, 2.05) is 4.68 Å². The van der Waals surface area contributed by atoms with Crippen LogP contribution in [0, 0.1) is 0 Å². The zero-order valence-electron chi connectivity index (χ0n) is 9.37. The molecule has 17 heavy (non-hydrogen) atoms. The van der Waals surface area contributed by atoms with Crippen molar-refractivity contribution in [2.75, 3.05) is 5.32 Å². The third-order valence-corrected chi connectivity index (χ3v) is 3.46. The fourth-order valence-electron chi connectivity index (χ4n) is 2.47. The molecular weight excluding hydrogens is 226 g/mol. The predicted molar refractivity (Wildman–Crippen MR) is 60.5 cm³/mol. The Kier molecular flexibility index (Phi) is 2.38. The van der Waals surface area contributed by atoms with E-state index in [1.54, 1.807) is 12.5 Å². The van der Waals surface area contributed by atoms with Crippen LogP contribution >= 0.6 is 0 Å². The Morgan fingerprint density at radius 1 is 1.35 bits per heavy atom. The molecular formula is C11H14F2N4. The zero-order valence-corrected chi connectivity index (χ0v) is 9.37. The highest BCUT2D eigenvalue weighted by molar-refractivity contribution is 5.77. The molecule has 0 unspecified atom stereocenters. The highest BCUT2D eigenvalue weighted by Crippen LogP contribution is 2.39. The maximum absolute atomic E-state index is 13.1. The first kappa shape index (κ1) is 10.7. The number of hydrogen-bond donors (Lipinski definition) is 1. The van der Waals surface area contributed by atoms with Crippen molar-refractivity contribution in [3.63, 3.8) is 0 Å². The summed E-state index contributed by atoms with van der Waals surface area (Å²) in [5.74, 6) is -1.58. The van der Waals surface area contributed by atoms with Crippen molar-refractivity contribution in [3.8, 4) is 0 Å². The third-order valence-electron chi connectivity index (χ3n) is 3.46. The minimum Gasteiger partial charge on any atom is -0.331 e. The quantitative estimate of drug-likeness (QED) is 0.819. The van der Waals surface area contributed by atoms with E-state index in [1.165, 1.54) is 0 Å². The van der Waals surface area contributed by atoms with E-state index in [2.05, 4.69) is 15.4 Å². The van der Waals surface area contributed by atoms with Crippen LogP contribution < -0.4 is 5.32 Å². The van der Waals surface area contributed by atoms with Gasteiger partial charge in [-0.15, -0.1) is 0 Å². The first-order chi connectivity index (χ1) is 8.16. The molecule has 0 radical (unpaired) electrons. The number of anilines is 1. The fraction of sp³-hybridized carbons (Fsp3) is 0.636. The first-order valence-corrected chi connectivity index (χ1v) is 5.85. The van der Waals surface area contributed by atoms with Crippen LogP contribution in [0.1, 0.15) is 37.3 Å². The topological polar surface area (TPSA) is 42.2 Å². The molecule has 1 saturated carbocycles. The minimum atomic E-state index is -2.49. The molecule has 4 nitrogen and oxygen atoms in total. The average molecular weight is 240 g/mol. The Morgan fingerprint density at radius 2 is 2.12 bits per heavy atom. The summed E-state index contributed by atoms with van der Waals surface area (Å²) in [6.07, 6.45) is 4.30. The van der Waals surface area contributed by atoms with Crippen LogP contribution in [-0.2, 0) is 6.54 Å². The van der Waals surface area contributed by atoms with Crippen molar-refractivity contribution >= 4 is 12.2 Å². The first-order valence-electron chi connectivity index (χ1n) is 5.85. The molecule has 1 aliphatic heterocycles. The molecule has 1 aromatic heterocycles. The number of hydrogen-bond acceptors (Lipinski definition) is 3. The van der Waals surface area contributed by atoms with Gasteiger partial charge in [0.2, 0.25) is 5.92 Å². The van der Waals surface area contributed by atoms with Crippen molar-refractivity contribution < 1.29 is 8.78 Å². The van der Waals surface area contributed by atoms with Gasteiger partial charge in [0.1, 0.15) is 5.82 Å². The lowest BCUT2D eigenvalue weighted by Crippen LogP contribution is -2.27. The number of aromatic nitrogens is 2. The largest absolute Gasteiger partial charge is 0.331 e. The van der Waals surface area contributed by atoms with Crippen LogP contribution in [0.4, 0.5) is 14.6 Å². The Balaban J connectivity index is 1.80. The average Bonchev–Trinajstić information content (AvgIpc) is 2.73. The standard InChI is InChI=1S/C11H14F2N4/c12-11(13)3-1-9(2-4-11)17-10-8(6-16-17)5-14-7-15-10/h6-7,9H,1-5H2,(H,14,15). The lowest BCUT2D eigenvalue weighted by molar-refractivity contribution is -0.0447. The molecule has 0 amide bonds. The van der Waals surface area contributed by atoms with Crippen molar-refractivity contribution in [1.82, 2.24) is 9.78 Å². The summed E-state index contributed by atoms with van der Waals surface area (Å²) in [6.45, 7) is 0.616. The summed E-state index contributed by atoms with van der Waals surface area (Å²) in [4.78, 5) is 4.09. The summed E-state index contributed by atoms with van der Waals surface area (Å²) < 4.78 is 28.0. The van der Waals surface area contributed by atoms with Gasteiger partial charge in [-0.25, -0.2) is 13.5 Å². The predicted octanol–water partition coefficient (Wildman–Crippen LogP) is 2.59. The van der Waals surface area contributed by atoms with E-state index >= 15 is 0 Å². The molecule has 0 saturated heterocycles. The number of rotatable bonds is 1. The molecule has 1 fully saturated rings. The Bertz CT molecular complexity index is 442. The van der Waals surface area contributed by atoms with Gasteiger partial charge in [-0.2, -0.15) is 5.10 Å². The molecule has 0 spiro atoms. The molecule has 2 heterocycles. The van der Waals surface area contributed by atoms with Crippen LogP contribution in [-0.4, -0.2) is 22.0 Å². The van der Waals surface area contributed by atoms with Crippen molar-refractivity contribution in [2.24, 2.45) is 4.99 Å². The highest BCUT2D eigenvalue weighted by atomic mass is 19.3. The number of halogens is 2. The molecule has 0 aromatic carbocycles. The molecule has 1 aliphatic carbocycles. The van der Waals surface area contributed by atoms with Gasteiger partial charge in [-0.1, -0.05) is 0 Å². The number of fused-ring (bicyclic) bond motifs is 1. The Labute approximate surface area is 97.7 Å². The van der Waals surface area contributed by atoms with Crippen LogP contribution in [0.5, 0.6) is 0 Å². The van der Waals surface area contributed by atoms with Crippen molar-refractivity contribution in [1.29, 1.82) is 0 Å². The molecule has 1 N–H and O–H groups in total. The monoisotopic (exact) mass is 240 g/mol. The molecule has 1 aromatic rings. The van der Waals surface area contributed by atoms with E-state index in [0.29, 0.717) is 19.4 Å². The lowest BCUT2D eigenvalue weighted by Gasteiger charge is -2.29. The van der Waals surface area contributed by atoms with Gasteiger partial charge >= 0.3 is 0 Å². The number of alkyl halides is 2. The number of aliphatic imine (C=N–C) groups is 1.